The first-order valence-corrected chi connectivity index (χ1v) is 12.0. The molecule has 2 nitrogen and oxygen atoms in total. The molecule has 0 saturated heterocycles. The van der Waals surface area contributed by atoms with Crippen LogP contribution in [-0.2, 0) is 4.18 Å². The maximum absolute atomic E-state index is 10.2. The lowest BCUT2D eigenvalue weighted by Gasteiger charge is -2.52. The summed E-state index contributed by atoms with van der Waals surface area (Å²) in [7, 11) is -1.19. The van der Waals surface area contributed by atoms with Gasteiger partial charge in [0.15, 0.2) is 0 Å². The molecule has 0 radical (unpaired) electrons. The molecule has 0 aromatic heterocycles. The molecule has 23 heavy (non-hydrogen) atoms. The Hall–Kier alpha value is -0.180. The van der Waals surface area contributed by atoms with Gasteiger partial charge in [0, 0.05) is 26.1 Å². The van der Waals surface area contributed by atoms with Crippen molar-refractivity contribution < 1.29 is 8.98 Å². The highest BCUT2D eigenvalue weighted by Crippen LogP contribution is 2.69. The molecule has 0 heterocycles. The summed E-state index contributed by atoms with van der Waals surface area (Å²) in [5.74, 6) is 0.265. The number of hydrogen-bond donors (Lipinski definition) is 0. The van der Waals surface area contributed by atoms with Crippen LogP contribution in [0.1, 0.15) is 103 Å². The van der Waals surface area contributed by atoms with E-state index in [2.05, 4.69) is 0 Å². The van der Waals surface area contributed by atoms with E-state index in [9.17, 15) is 4.79 Å². The molecule has 134 valence electrons. The van der Waals surface area contributed by atoms with E-state index in [1.165, 1.54) is 96.3 Å². The predicted octanol–water partition coefficient (Wildman–Crippen LogP) is 6.24. The largest absolute Gasteiger partial charge is 0.491 e. The molecule has 0 spiro atoms. The molecule has 0 atom stereocenters. The highest BCUT2D eigenvalue weighted by Gasteiger charge is 2.53. The van der Waals surface area contributed by atoms with E-state index in [-0.39, 0.29) is 5.97 Å². The van der Waals surface area contributed by atoms with Gasteiger partial charge < -0.3 is 4.79 Å². The Balaban J connectivity index is 1.93. The summed E-state index contributed by atoms with van der Waals surface area (Å²) in [5, 5.41) is 2.26. The van der Waals surface area contributed by atoms with Crippen LogP contribution in [0.3, 0.4) is 0 Å². The first kappa shape index (κ1) is 17.6. The van der Waals surface area contributed by atoms with E-state index in [1.807, 2.05) is 0 Å². The molecule has 0 aliphatic heterocycles. The molecule has 0 unspecified atom stereocenters. The van der Waals surface area contributed by atoms with Crippen molar-refractivity contribution in [3.8, 4) is 0 Å². The van der Waals surface area contributed by atoms with Gasteiger partial charge in [-0.1, -0.05) is 57.8 Å². The normalized spacial score (nSPS) is 26.8. The second-order valence-electron chi connectivity index (χ2n) is 8.08. The van der Waals surface area contributed by atoms with Crippen LogP contribution >= 0.6 is 10.3 Å². The minimum atomic E-state index is -1.19. The lowest BCUT2D eigenvalue weighted by Crippen LogP contribution is -2.42. The molecule has 0 bridgehead atoms. The van der Waals surface area contributed by atoms with Crippen molar-refractivity contribution in [2.45, 2.75) is 119 Å². The van der Waals surface area contributed by atoms with Gasteiger partial charge in [0.1, 0.15) is 0 Å². The van der Waals surface area contributed by atoms with Crippen molar-refractivity contribution in [1.82, 2.24) is 0 Å². The SMILES string of the molecule is CC(=[OH+])OS(C1CCCCC1)(C1CCCCC1)C1CCCCC1. The summed E-state index contributed by atoms with van der Waals surface area (Å²) < 4.78 is 6.61. The van der Waals surface area contributed by atoms with E-state index >= 15 is 0 Å². The zero-order valence-electron chi connectivity index (χ0n) is 15.1. The van der Waals surface area contributed by atoms with Crippen LogP contribution in [0.4, 0.5) is 0 Å². The van der Waals surface area contributed by atoms with Gasteiger partial charge in [0.25, 0.3) is 0 Å². The highest BCUT2D eigenvalue weighted by atomic mass is 32.3. The van der Waals surface area contributed by atoms with Crippen molar-refractivity contribution >= 4 is 16.3 Å². The molecule has 3 heteroatoms. The van der Waals surface area contributed by atoms with Crippen molar-refractivity contribution in [2.75, 3.05) is 0 Å². The van der Waals surface area contributed by atoms with Crippen LogP contribution in [-0.4, -0.2) is 26.5 Å². The molecule has 1 N–H and O–H groups in total. The van der Waals surface area contributed by atoms with Crippen molar-refractivity contribution in [3.05, 3.63) is 0 Å². The monoisotopic (exact) mass is 341 g/mol. The van der Waals surface area contributed by atoms with Crippen molar-refractivity contribution in [2.24, 2.45) is 0 Å². The maximum Gasteiger partial charge on any atom is 0.491 e. The van der Waals surface area contributed by atoms with Crippen LogP contribution in [0.5, 0.6) is 0 Å². The third kappa shape index (κ3) is 3.91. The molecular weight excluding hydrogens is 304 g/mol. The molecular formula is C20H37O2S+. The smallest absolute Gasteiger partial charge is 0.338 e. The summed E-state index contributed by atoms with van der Waals surface area (Å²) in [6.07, 6.45) is 20.6. The quantitative estimate of drug-likeness (QED) is 0.556. The Labute approximate surface area is 144 Å². The number of hydrogen-bond acceptors (Lipinski definition) is 1. The first-order chi connectivity index (χ1) is 11.2. The fourth-order valence-electron chi connectivity index (χ4n) is 5.53. The lowest BCUT2D eigenvalue weighted by atomic mass is 9.99. The van der Waals surface area contributed by atoms with Gasteiger partial charge >= 0.3 is 5.97 Å². The Kier molecular flexibility index (Phi) is 6.34. The average molecular weight is 342 g/mol. The topological polar surface area (TPSA) is 30.6 Å². The third-order valence-corrected chi connectivity index (χ3v) is 11.6. The van der Waals surface area contributed by atoms with Crippen molar-refractivity contribution in [3.63, 3.8) is 0 Å². The van der Waals surface area contributed by atoms with E-state index < -0.39 is 10.3 Å². The van der Waals surface area contributed by atoms with Gasteiger partial charge in [-0.2, -0.15) is 0 Å². The van der Waals surface area contributed by atoms with E-state index in [4.69, 9.17) is 4.18 Å². The van der Waals surface area contributed by atoms with Crippen LogP contribution in [0, 0.1) is 0 Å². The summed E-state index contributed by atoms with van der Waals surface area (Å²) in [6.45, 7) is 1.79. The average Bonchev–Trinajstić information content (AvgIpc) is 2.62. The minimum absolute atomic E-state index is 0.265. The fraction of sp³-hybridized carbons (Fsp3) is 0.950. The van der Waals surface area contributed by atoms with Gasteiger partial charge in [-0.3, -0.25) is 4.18 Å². The van der Waals surface area contributed by atoms with E-state index in [0.717, 1.165) is 15.7 Å². The zero-order valence-corrected chi connectivity index (χ0v) is 15.9. The lowest BCUT2D eigenvalue weighted by molar-refractivity contribution is 0.404. The van der Waals surface area contributed by atoms with E-state index in [1.54, 1.807) is 6.92 Å². The third-order valence-electron chi connectivity index (χ3n) is 6.48. The molecule has 3 fully saturated rings. The molecule has 3 aliphatic rings. The number of rotatable bonds is 4. The standard InChI is InChI=1S/C20H36O2S/c1-17(21)22-23(18-11-5-2-6-12-18,19-13-7-3-8-14-19)20-15-9-4-10-16-20/h18-20H,2-16H2,1H3/p+1. The Morgan fingerprint density at radius 1 is 0.652 bits per heavy atom. The summed E-state index contributed by atoms with van der Waals surface area (Å²) in [4.78, 5) is 10.2. The molecule has 0 amide bonds. The summed E-state index contributed by atoms with van der Waals surface area (Å²) >= 11 is 0. The van der Waals surface area contributed by atoms with Crippen LogP contribution in [0.2, 0.25) is 0 Å². The zero-order chi connectivity index (χ0) is 16.1. The minimum Gasteiger partial charge on any atom is -0.338 e. The second-order valence-corrected chi connectivity index (χ2v) is 11.6. The highest BCUT2D eigenvalue weighted by molar-refractivity contribution is 8.31. The fourth-order valence-corrected chi connectivity index (χ4v) is 11.2. The summed E-state index contributed by atoms with van der Waals surface area (Å²) in [6, 6.07) is 0. The van der Waals surface area contributed by atoms with Crippen molar-refractivity contribution in [1.29, 1.82) is 0 Å². The first-order valence-electron chi connectivity index (χ1n) is 10.3. The van der Waals surface area contributed by atoms with Gasteiger partial charge in [0.2, 0.25) is 0 Å². The number of carbonyl (C=O) groups excluding carboxylic acids is 1. The van der Waals surface area contributed by atoms with Crippen LogP contribution < -0.4 is 0 Å². The molecule has 3 aliphatic carbocycles. The van der Waals surface area contributed by atoms with Gasteiger partial charge in [0.05, 0.1) is 6.92 Å². The van der Waals surface area contributed by atoms with Gasteiger partial charge in [-0.15, -0.1) is 0 Å². The van der Waals surface area contributed by atoms with E-state index in [0.29, 0.717) is 0 Å². The Morgan fingerprint density at radius 2 is 0.957 bits per heavy atom. The van der Waals surface area contributed by atoms with Gasteiger partial charge in [-0.25, -0.2) is 0 Å². The molecule has 0 aromatic carbocycles. The second kappa shape index (κ2) is 8.27. The Morgan fingerprint density at radius 3 is 1.22 bits per heavy atom. The van der Waals surface area contributed by atoms with Crippen LogP contribution in [0.15, 0.2) is 0 Å². The van der Waals surface area contributed by atoms with Crippen LogP contribution in [0.25, 0.3) is 0 Å². The van der Waals surface area contributed by atoms with Gasteiger partial charge in [-0.05, 0) is 38.5 Å². The summed E-state index contributed by atoms with van der Waals surface area (Å²) in [5.41, 5.74) is 0. The maximum atomic E-state index is 10.2. The molecule has 3 saturated carbocycles. The predicted molar refractivity (Wildman–Crippen MR) is 102 cm³/mol. The Bertz CT molecular complexity index is 332. The molecule has 0 aromatic rings. The molecule has 3 rings (SSSR count).